The highest BCUT2D eigenvalue weighted by Gasteiger charge is 2.13. The zero-order chi connectivity index (χ0) is 19.4. The first-order chi connectivity index (χ1) is 13.0. The molecule has 8 heteroatoms. The second-order valence-electron chi connectivity index (χ2n) is 5.63. The minimum absolute atomic E-state index is 0.0590. The molecule has 0 saturated heterocycles. The molecule has 142 valence electrons. The Kier molecular flexibility index (Phi) is 5.85. The molecular formula is C19H16F3NO3S. The minimum atomic E-state index is -2.96. The number of amides is 1. The van der Waals surface area contributed by atoms with Crippen molar-refractivity contribution in [2.75, 3.05) is 13.7 Å². The number of benzene rings is 2. The molecule has 0 aliphatic heterocycles. The largest absolute Gasteiger partial charge is 0.493 e. The molecular weight excluding hydrogens is 379 g/mol. The Morgan fingerprint density at radius 1 is 1.19 bits per heavy atom. The molecule has 0 unspecified atom stereocenters. The van der Waals surface area contributed by atoms with Crippen LogP contribution in [-0.2, 0) is 6.42 Å². The molecule has 1 heterocycles. The van der Waals surface area contributed by atoms with E-state index in [1.165, 1.54) is 42.7 Å². The SMILES string of the molecule is COc1ccc(CCNC(=O)c2cc3c(F)cccc3s2)cc1OC(F)F. The Labute approximate surface area is 157 Å². The van der Waals surface area contributed by atoms with Crippen LogP contribution in [0.1, 0.15) is 15.2 Å². The molecule has 0 fully saturated rings. The lowest BCUT2D eigenvalue weighted by Crippen LogP contribution is -2.24. The van der Waals surface area contributed by atoms with E-state index in [1.54, 1.807) is 18.2 Å². The molecule has 1 N–H and O–H groups in total. The van der Waals surface area contributed by atoms with Crippen molar-refractivity contribution in [2.45, 2.75) is 13.0 Å². The van der Waals surface area contributed by atoms with Gasteiger partial charge in [0.05, 0.1) is 12.0 Å². The molecule has 0 bridgehead atoms. The number of rotatable bonds is 7. The highest BCUT2D eigenvalue weighted by molar-refractivity contribution is 7.20. The van der Waals surface area contributed by atoms with Crippen LogP contribution in [0.4, 0.5) is 13.2 Å². The normalized spacial score (nSPS) is 11.0. The van der Waals surface area contributed by atoms with Crippen molar-refractivity contribution < 1.29 is 27.4 Å². The molecule has 3 aromatic rings. The Bertz CT molecular complexity index is 959. The van der Waals surface area contributed by atoms with E-state index in [-0.39, 0.29) is 29.8 Å². The fourth-order valence-electron chi connectivity index (χ4n) is 2.61. The molecule has 0 saturated carbocycles. The zero-order valence-corrected chi connectivity index (χ0v) is 15.1. The van der Waals surface area contributed by atoms with Gasteiger partial charge in [0.25, 0.3) is 5.91 Å². The zero-order valence-electron chi connectivity index (χ0n) is 14.3. The lowest BCUT2D eigenvalue weighted by molar-refractivity contribution is -0.0512. The molecule has 0 aliphatic carbocycles. The van der Waals surface area contributed by atoms with Crippen LogP contribution in [-0.4, -0.2) is 26.2 Å². The fourth-order valence-corrected chi connectivity index (χ4v) is 3.60. The molecule has 1 amide bonds. The van der Waals surface area contributed by atoms with Crippen LogP contribution in [0.15, 0.2) is 42.5 Å². The summed E-state index contributed by atoms with van der Waals surface area (Å²) < 4.78 is 48.8. The molecule has 0 aliphatic rings. The topological polar surface area (TPSA) is 47.6 Å². The van der Waals surface area contributed by atoms with Crippen molar-refractivity contribution in [1.82, 2.24) is 5.32 Å². The lowest BCUT2D eigenvalue weighted by Gasteiger charge is -2.11. The summed E-state index contributed by atoms with van der Waals surface area (Å²) in [7, 11) is 1.36. The molecule has 4 nitrogen and oxygen atoms in total. The van der Waals surface area contributed by atoms with Gasteiger partial charge in [-0.1, -0.05) is 12.1 Å². The summed E-state index contributed by atoms with van der Waals surface area (Å²) in [4.78, 5) is 12.7. The van der Waals surface area contributed by atoms with Crippen molar-refractivity contribution in [2.24, 2.45) is 0 Å². The maximum absolute atomic E-state index is 13.7. The van der Waals surface area contributed by atoms with E-state index in [2.05, 4.69) is 10.1 Å². The number of alkyl halides is 2. The van der Waals surface area contributed by atoms with Gasteiger partial charge in [0, 0.05) is 16.6 Å². The van der Waals surface area contributed by atoms with Crippen LogP contribution in [0, 0.1) is 5.82 Å². The summed E-state index contributed by atoms with van der Waals surface area (Å²) in [6.07, 6.45) is 0.411. The van der Waals surface area contributed by atoms with Gasteiger partial charge in [0.1, 0.15) is 5.82 Å². The third kappa shape index (κ3) is 4.51. The van der Waals surface area contributed by atoms with E-state index in [1.807, 2.05) is 0 Å². The van der Waals surface area contributed by atoms with E-state index in [0.29, 0.717) is 26.9 Å². The van der Waals surface area contributed by atoms with E-state index in [9.17, 15) is 18.0 Å². The summed E-state index contributed by atoms with van der Waals surface area (Å²) in [6, 6.07) is 10.9. The van der Waals surface area contributed by atoms with E-state index in [4.69, 9.17) is 4.74 Å². The van der Waals surface area contributed by atoms with Crippen molar-refractivity contribution in [3.63, 3.8) is 0 Å². The molecule has 0 radical (unpaired) electrons. The van der Waals surface area contributed by atoms with E-state index < -0.39 is 6.61 Å². The van der Waals surface area contributed by atoms with Gasteiger partial charge in [-0.2, -0.15) is 8.78 Å². The van der Waals surface area contributed by atoms with Crippen LogP contribution in [0.3, 0.4) is 0 Å². The predicted molar refractivity (Wildman–Crippen MR) is 97.4 cm³/mol. The average molecular weight is 395 g/mol. The number of hydrogen-bond donors (Lipinski definition) is 1. The molecule has 0 atom stereocenters. The van der Waals surface area contributed by atoms with Crippen LogP contribution >= 0.6 is 11.3 Å². The number of halogens is 3. The maximum atomic E-state index is 13.7. The monoisotopic (exact) mass is 395 g/mol. The first-order valence-electron chi connectivity index (χ1n) is 8.06. The van der Waals surface area contributed by atoms with Gasteiger partial charge in [0.2, 0.25) is 0 Å². The maximum Gasteiger partial charge on any atom is 0.387 e. The van der Waals surface area contributed by atoms with Crippen LogP contribution in [0.25, 0.3) is 10.1 Å². The van der Waals surface area contributed by atoms with E-state index in [0.717, 1.165) is 0 Å². The molecule has 1 aromatic heterocycles. The lowest BCUT2D eigenvalue weighted by atomic mass is 10.1. The highest BCUT2D eigenvalue weighted by atomic mass is 32.1. The smallest absolute Gasteiger partial charge is 0.387 e. The number of carbonyl (C=O) groups excluding carboxylic acids is 1. The average Bonchev–Trinajstić information content (AvgIpc) is 3.07. The highest BCUT2D eigenvalue weighted by Crippen LogP contribution is 2.30. The van der Waals surface area contributed by atoms with Gasteiger partial charge in [0.15, 0.2) is 11.5 Å². The fraction of sp³-hybridized carbons (Fsp3) is 0.211. The Balaban J connectivity index is 1.63. The predicted octanol–water partition coefficient (Wildman–Crippen LogP) is 4.62. The van der Waals surface area contributed by atoms with Gasteiger partial charge < -0.3 is 14.8 Å². The minimum Gasteiger partial charge on any atom is -0.493 e. The number of fused-ring (bicyclic) bond motifs is 1. The molecule has 2 aromatic carbocycles. The van der Waals surface area contributed by atoms with E-state index >= 15 is 0 Å². The van der Waals surface area contributed by atoms with Gasteiger partial charge >= 0.3 is 6.61 Å². The van der Waals surface area contributed by atoms with Crippen LogP contribution < -0.4 is 14.8 Å². The standard InChI is InChI=1S/C19H16F3NO3S/c1-25-14-6-5-11(9-15(14)26-19(21)22)7-8-23-18(24)17-10-12-13(20)3-2-4-16(12)27-17/h2-6,9-10,19H,7-8H2,1H3,(H,23,24). The second kappa shape index (κ2) is 8.30. The third-order valence-electron chi connectivity index (χ3n) is 3.88. The van der Waals surface area contributed by atoms with Crippen LogP contribution in [0.2, 0.25) is 0 Å². The van der Waals surface area contributed by atoms with Crippen molar-refractivity contribution in [3.05, 3.63) is 58.7 Å². The second-order valence-corrected chi connectivity index (χ2v) is 6.72. The summed E-state index contributed by atoms with van der Waals surface area (Å²) in [6.45, 7) is -2.67. The van der Waals surface area contributed by atoms with Crippen molar-refractivity contribution in [1.29, 1.82) is 0 Å². The van der Waals surface area contributed by atoms with Gasteiger partial charge in [-0.3, -0.25) is 4.79 Å². The molecule has 0 spiro atoms. The Morgan fingerprint density at radius 2 is 2.00 bits per heavy atom. The van der Waals surface area contributed by atoms with Gasteiger partial charge in [-0.05, 0) is 42.3 Å². The third-order valence-corrected chi connectivity index (χ3v) is 4.97. The summed E-state index contributed by atoms with van der Waals surface area (Å²) in [5.74, 6) is -0.535. The van der Waals surface area contributed by atoms with Crippen LogP contribution in [0.5, 0.6) is 11.5 Å². The number of ether oxygens (including phenoxy) is 2. The number of hydrogen-bond acceptors (Lipinski definition) is 4. The molecule has 27 heavy (non-hydrogen) atoms. The first-order valence-corrected chi connectivity index (χ1v) is 8.87. The molecule has 3 rings (SSSR count). The summed E-state index contributed by atoms with van der Waals surface area (Å²) in [5.41, 5.74) is 0.703. The Morgan fingerprint density at radius 3 is 2.70 bits per heavy atom. The number of nitrogens with one attached hydrogen (secondary N) is 1. The van der Waals surface area contributed by atoms with Gasteiger partial charge in [-0.25, -0.2) is 4.39 Å². The summed E-state index contributed by atoms with van der Waals surface area (Å²) >= 11 is 1.21. The van der Waals surface area contributed by atoms with Crippen molar-refractivity contribution in [3.8, 4) is 11.5 Å². The Hall–Kier alpha value is -2.74. The number of carbonyl (C=O) groups is 1. The quantitative estimate of drug-likeness (QED) is 0.635. The van der Waals surface area contributed by atoms with Gasteiger partial charge in [-0.15, -0.1) is 11.3 Å². The number of methoxy groups -OCH3 is 1. The summed E-state index contributed by atoms with van der Waals surface area (Å²) in [5, 5.41) is 3.16. The number of thiophene rings is 1. The first kappa shape index (κ1) is 19.0. The van der Waals surface area contributed by atoms with Crippen molar-refractivity contribution >= 4 is 27.3 Å².